The molecule has 0 amide bonds. The van der Waals surface area contributed by atoms with Gasteiger partial charge in [-0.05, 0) is 0 Å². The number of aliphatic imine (C=N–C) groups is 1. The van der Waals surface area contributed by atoms with Gasteiger partial charge in [-0.3, -0.25) is 14.0 Å². The summed E-state index contributed by atoms with van der Waals surface area (Å²) in [6.45, 7) is -1.79. The monoisotopic (exact) mass is 588 g/mol. The van der Waals surface area contributed by atoms with E-state index in [2.05, 4.69) is 28.3 Å². The Morgan fingerprint density at radius 2 is 1.61 bits per heavy atom. The molecule has 12 atom stereocenters. The zero-order valence-electron chi connectivity index (χ0n) is 19.1. The van der Waals surface area contributed by atoms with Gasteiger partial charge >= 0.3 is 15.6 Å². The quantitative estimate of drug-likeness (QED) is 0.126. The Balaban J connectivity index is 1.35. The molecule has 38 heavy (non-hydrogen) atoms. The van der Waals surface area contributed by atoms with Crippen molar-refractivity contribution >= 4 is 33.4 Å². The summed E-state index contributed by atoms with van der Waals surface area (Å²) in [6, 6.07) is 0. The van der Waals surface area contributed by atoms with E-state index in [0.29, 0.717) is 5.69 Å². The van der Waals surface area contributed by atoms with Crippen molar-refractivity contribution in [3.05, 3.63) is 12.0 Å². The number of phosphoric acid groups is 2. The Morgan fingerprint density at radius 3 is 2.29 bits per heavy atom. The molecule has 19 nitrogen and oxygen atoms in total. The number of nitrogens with two attached hydrogens (primary N) is 1. The number of anilines is 1. The molecule has 0 radical (unpaired) electrons. The molecule has 3 aliphatic heterocycles. The van der Waals surface area contributed by atoms with E-state index in [0.717, 1.165) is 0 Å². The Kier molecular flexibility index (Phi) is 8.66. The first-order valence-electron chi connectivity index (χ1n) is 10.9. The lowest BCUT2D eigenvalue weighted by atomic mass is 9.95. The molecule has 4 rings (SSSR count). The predicted molar refractivity (Wildman–Crippen MR) is 120 cm³/mol. The molecule has 1 aromatic rings. The summed E-state index contributed by atoms with van der Waals surface area (Å²) in [4.78, 5) is 31.7. The van der Waals surface area contributed by atoms with Crippen molar-refractivity contribution in [1.29, 1.82) is 0 Å². The van der Waals surface area contributed by atoms with Crippen LogP contribution in [0.2, 0.25) is 0 Å². The van der Waals surface area contributed by atoms with Crippen LogP contribution in [0.1, 0.15) is 11.6 Å². The number of nitrogen functional groups attached to an aromatic ring is 1. The molecule has 3 aliphatic rings. The number of aliphatic hydroxyl groups excluding tert-OH is 6. The molecule has 0 saturated carbocycles. The Labute approximate surface area is 213 Å². The normalized spacial score (nSPS) is 40.0. The van der Waals surface area contributed by atoms with Gasteiger partial charge in [0.25, 0.3) is 0 Å². The number of aromatic nitrogens is 2. The van der Waals surface area contributed by atoms with Crippen LogP contribution in [0.5, 0.6) is 0 Å². The van der Waals surface area contributed by atoms with Crippen LogP contribution in [0.4, 0.5) is 11.5 Å². The summed E-state index contributed by atoms with van der Waals surface area (Å²) in [6.07, 6.45) is -12.7. The fourth-order valence-electron chi connectivity index (χ4n) is 4.09. The number of fused-ring (bicyclic) bond motifs is 1. The van der Waals surface area contributed by atoms with Gasteiger partial charge in [-0.15, -0.1) is 0 Å². The lowest BCUT2D eigenvalue weighted by Crippen LogP contribution is -2.58. The van der Waals surface area contributed by atoms with Gasteiger partial charge in [0.1, 0.15) is 60.8 Å². The molecular weight excluding hydrogens is 562 g/mol. The molecule has 214 valence electrons. The summed E-state index contributed by atoms with van der Waals surface area (Å²) in [5.74, 6) is -0.675. The summed E-state index contributed by atoms with van der Waals surface area (Å²) < 4.78 is 48.3. The van der Waals surface area contributed by atoms with Crippen molar-refractivity contribution in [2.24, 2.45) is 4.99 Å². The highest BCUT2D eigenvalue weighted by atomic mass is 31.3. The van der Waals surface area contributed by atoms with Gasteiger partial charge in [0.05, 0.1) is 24.8 Å². The van der Waals surface area contributed by atoms with E-state index in [9.17, 15) is 44.4 Å². The predicted octanol–water partition coefficient (Wildman–Crippen LogP) is -3.60. The minimum Gasteiger partial charge on any atom is -0.394 e. The number of nitrogens with zero attached hydrogens (tertiary/aromatic N) is 3. The van der Waals surface area contributed by atoms with Crippen LogP contribution in [0, 0.1) is 0 Å². The van der Waals surface area contributed by atoms with Crippen LogP contribution in [-0.4, -0.2) is 125 Å². The second kappa shape index (κ2) is 11.2. The highest BCUT2D eigenvalue weighted by Gasteiger charge is 2.51. The molecule has 0 spiro atoms. The second-order valence-electron chi connectivity index (χ2n) is 8.53. The maximum Gasteiger partial charge on any atom is 0.483 e. The molecule has 1 aromatic heterocycles. The third-order valence-corrected chi connectivity index (χ3v) is 8.61. The average Bonchev–Trinajstić information content (AvgIpc) is 3.39. The van der Waals surface area contributed by atoms with Crippen LogP contribution in [0.25, 0.3) is 0 Å². The molecule has 21 heteroatoms. The summed E-state index contributed by atoms with van der Waals surface area (Å²) in [5.41, 5.74) is 6.32. The van der Waals surface area contributed by atoms with E-state index in [4.69, 9.17) is 20.3 Å². The summed E-state index contributed by atoms with van der Waals surface area (Å²) in [7, 11) is -11.0. The van der Waals surface area contributed by atoms with Gasteiger partial charge in [-0.25, -0.2) is 19.1 Å². The van der Waals surface area contributed by atoms with Gasteiger partial charge in [0.2, 0.25) is 0 Å². The van der Waals surface area contributed by atoms with E-state index in [1.54, 1.807) is 0 Å². The van der Waals surface area contributed by atoms with Crippen LogP contribution in [0.15, 0.2) is 11.3 Å². The number of hydrogen-bond acceptors (Lipinski definition) is 17. The molecule has 10 N–H and O–H groups in total. The first-order valence-corrected chi connectivity index (χ1v) is 13.9. The van der Waals surface area contributed by atoms with Gasteiger partial charge < -0.3 is 55.6 Å². The van der Waals surface area contributed by atoms with E-state index < -0.39 is 89.9 Å². The van der Waals surface area contributed by atoms with Gasteiger partial charge in [0, 0.05) is 6.21 Å². The average molecular weight is 588 g/mol. The van der Waals surface area contributed by atoms with Crippen LogP contribution in [-0.2, 0) is 32.0 Å². The van der Waals surface area contributed by atoms with Crippen molar-refractivity contribution in [2.45, 2.75) is 61.0 Å². The molecule has 2 fully saturated rings. The molecule has 0 aromatic carbocycles. The highest BCUT2D eigenvalue weighted by Crippen LogP contribution is 2.61. The fraction of sp³-hybridized carbons (Fsp3) is 0.706. The largest absolute Gasteiger partial charge is 0.483 e. The lowest BCUT2D eigenvalue weighted by molar-refractivity contribution is -0.280. The van der Waals surface area contributed by atoms with Crippen molar-refractivity contribution in [3.63, 3.8) is 0 Å². The van der Waals surface area contributed by atoms with Crippen molar-refractivity contribution in [3.8, 4) is 0 Å². The smallest absolute Gasteiger partial charge is 0.394 e. The molecule has 2 saturated heterocycles. The fourth-order valence-corrected chi connectivity index (χ4v) is 6.25. The molecule has 0 aliphatic carbocycles. The first-order chi connectivity index (χ1) is 17.7. The Bertz CT molecular complexity index is 1140. The standard InChI is InChI=1S/C17H26N4O15P2/c18-16-9-8(20-4-21-16)5(1-19-9)15-13(26)11(24)7(33-15)3-32-37(28,29)36-38(30,31)35-17-14(27)12(25)10(23)6(2-22)34-17/h1,4-7,10-15,17,22-27H,2-3H2,(H,28,29)(H,30,31)(H2,18,20,21)/t5?,6-,7-,10-,11-,12+,13-,14-,15+,17-/m1/s1. The zero-order valence-corrected chi connectivity index (χ0v) is 20.9. The topological polar surface area (TPSA) is 306 Å². The van der Waals surface area contributed by atoms with Crippen molar-refractivity contribution in [1.82, 2.24) is 9.97 Å². The Morgan fingerprint density at radius 1 is 0.921 bits per heavy atom. The number of ether oxygens (including phenoxy) is 2. The van der Waals surface area contributed by atoms with Crippen LogP contribution >= 0.6 is 15.6 Å². The number of aliphatic hydroxyl groups is 6. The van der Waals surface area contributed by atoms with E-state index in [1.165, 1.54) is 12.5 Å². The van der Waals surface area contributed by atoms with Crippen molar-refractivity contribution < 1.29 is 72.4 Å². The molecule has 3 unspecified atom stereocenters. The number of phosphoric ester groups is 2. The third kappa shape index (κ3) is 5.97. The first kappa shape index (κ1) is 29.5. The maximum absolute atomic E-state index is 12.3. The van der Waals surface area contributed by atoms with Gasteiger partial charge in [-0.1, -0.05) is 0 Å². The minimum atomic E-state index is -5.56. The third-order valence-electron chi connectivity index (χ3n) is 6.01. The zero-order chi connectivity index (χ0) is 28.0. The SMILES string of the molecule is Nc1ncnc2c1N=CC2[C@@H]1O[C@H](COP(=O)(O)OP(=O)(O)O[C@H]2O[C@H](CO)[C@@H](O)[C@H](O)[C@H]2O)[C@@H](O)[C@H]1O. The van der Waals surface area contributed by atoms with Crippen LogP contribution < -0.4 is 5.73 Å². The Hall–Kier alpha value is -1.51. The van der Waals surface area contributed by atoms with Gasteiger partial charge in [-0.2, -0.15) is 4.31 Å². The summed E-state index contributed by atoms with van der Waals surface area (Å²) >= 11 is 0. The highest BCUT2D eigenvalue weighted by molar-refractivity contribution is 7.61. The van der Waals surface area contributed by atoms with Gasteiger partial charge in [0.15, 0.2) is 12.1 Å². The molecule has 4 heterocycles. The lowest BCUT2D eigenvalue weighted by Gasteiger charge is -2.39. The van der Waals surface area contributed by atoms with E-state index >= 15 is 0 Å². The maximum atomic E-state index is 12.3. The van der Waals surface area contributed by atoms with Crippen LogP contribution in [0.3, 0.4) is 0 Å². The minimum absolute atomic E-state index is 0.0828. The van der Waals surface area contributed by atoms with E-state index in [-0.39, 0.29) is 11.5 Å². The van der Waals surface area contributed by atoms with Crippen molar-refractivity contribution in [2.75, 3.05) is 18.9 Å². The second-order valence-corrected chi connectivity index (χ2v) is 11.5. The molecule has 0 bridgehead atoms. The number of rotatable bonds is 9. The molecular formula is C17H26N4O15P2. The van der Waals surface area contributed by atoms with E-state index in [1.807, 2.05) is 0 Å². The summed E-state index contributed by atoms with van der Waals surface area (Å²) in [5, 5.41) is 59.3. The number of hydrogen-bond donors (Lipinski definition) is 9.